The van der Waals surface area contributed by atoms with Crippen molar-refractivity contribution in [3.63, 3.8) is 0 Å². The van der Waals surface area contributed by atoms with Gasteiger partial charge >= 0.3 is 0 Å². The van der Waals surface area contributed by atoms with Gasteiger partial charge in [0.25, 0.3) is 0 Å². The molecule has 0 bridgehead atoms. The van der Waals surface area contributed by atoms with Crippen LogP contribution in [0, 0.1) is 12.3 Å². The molecule has 1 saturated carbocycles. The van der Waals surface area contributed by atoms with Gasteiger partial charge in [-0.25, -0.2) is 0 Å². The summed E-state index contributed by atoms with van der Waals surface area (Å²) in [6.07, 6.45) is 5.76. The number of aryl methyl sites for hydroxylation is 1. The minimum atomic E-state index is 0.514. The highest BCUT2D eigenvalue weighted by molar-refractivity contribution is 5.44. The fraction of sp³-hybridized carbons (Fsp3) is 0.615. The molecule has 1 fully saturated rings. The predicted octanol–water partition coefficient (Wildman–Crippen LogP) is 3.38. The highest BCUT2D eigenvalue weighted by Crippen LogP contribution is 2.38. The summed E-state index contributed by atoms with van der Waals surface area (Å²) in [7, 11) is 0. The molecule has 0 radical (unpaired) electrons. The molecule has 0 aromatic carbocycles. The third-order valence-electron chi connectivity index (χ3n) is 3.24. The van der Waals surface area contributed by atoms with Crippen molar-refractivity contribution >= 4 is 5.69 Å². The van der Waals surface area contributed by atoms with Crippen LogP contribution in [0.15, 0.2) is 18.3 Å². The molecule has 0 saturated heterocycles. The van der Waals surface area contributed by atoms with Gasteiger partial charge in [-0.2, -0.15) is 0 Å². The Kier molecular flexibility index (Phi) is 2.68. The van der Waals surface area contributed by atoms with Gasteiger partial charge in [0.15, 0.2) is 0 Å². The first kappa shape index (κ1) is 10.5. The number of pyridine rings is 1. The normalized spacial score (nSPS) is 24.1. The van der Waals surface area contributed by atoms with Gasteiger partial charge in [-0.3, -0.25) is 4.98 Å². The Hall–Kier alpha value is -1.05. The molecule has 15 heavy (non-hydrogen) atoms. The van der Waals surface area contributed by atoms with Gasteiger partial charge in [-0.05, 0) is 43.7 Å². The molecule has 1 heterocycles. The fourth-order valence-corrected chi connectivity index (χ4v) is 2.43. The first-order valence-electron chi connectivity index (χ1n) is 5.74. The van der Waals surface area contributed by atoms with E-state index in [-0.39, 0.29) is 0 Å². The molecule has 0 spiro atoms. The zero-order valence-electron chi connectivity index (χ0n) is 9.88. The summed E-state index contributed by atoms with van der Waals surface area (Å²) in [4.78, 5) is 4.20. The van der Waals surface area contributed by atoms with Gasteiger partial charge < -0.3 is 5.32 Å². The molecule has 1 aliphatic carbocycles. The van der Waals surface area contributed by atoms with Crippen LogP contribution in [0.1, 0.15) is 38.8 Å². The minimum Gasteiger partial charge on any atom is -0.382 e. The third kappa shape index (κ3) is 2.71. The van der Waals surface area contributed by atoms with Crippen LogP contribution >= 0.6 is 0 Å². The lowest BCUT2D eigenvalue weighted by molar-refractivity contribution is 0.378. The molecule has 1 unspecified atom stereocenters. The van der Waals surface area contributed by atoms with Crippen LogP contribution in [-0.2, 0) is 0 Å². The maximum Gasteiger partial charge on any atom is 0.0393 e. The van der Waals surface area contributed by atoms with Gasteiger partial charge in [-0.15, -0.1) is 0 Å². The molecule has 1 aliphatic rings. The van der Waals surface area contributed by atoms with Crippen molar-refractivity contribution in [3.8, 4) is 0 Å². The van der Waals surface area contributed by atoms with Crippen LogP contribution in [0.5, 0.6) is 0 Å². The van der Waals surface area contributed by atoms with Crippen LogP contribution in [0.25, 0.3) is 0 Å². The lowest BCUT2D eigenvalue weighted by Gasteiger charge is -2.18. The predicted molar refractivity (Wildman–Crippen MR) is 64.0 cm³/mol. The van der Waals surface area contributed by atoms with Crippen LogP contribution in [0.2, 0.25) is 0 Å². The van der Waals surface area contributed by atoms with Crippen molar-refractivity contribution in [2.24, 2.45) is 5.41 Å². The van der Waals surface area contributed by atoms with Gasteiger partial charge in [0, 0.05) is 23.6 Å². The monoisotopic (exact) mass is 204 g/mol. The summed E-state index contributed by atoms with van der Waals surface area (Å²) in [6.45, 7) is 6.74. The number of hydrogen-bond acceptors (Lipinski definition) is 2. The zero-order chi connectivity index (χ0) is 10.9. The number of nitrogens with zero attached hydrogens (tertiary/aromatic N) is 1. The number of hydrogen-bond donors (Lipinski definition) is 1. The number of anilines is 1. The van der Waals surface area contributed by atoms with Gasteiger partial charge in [0.1, 0.15) is 0 Å². The van der Waals surface area contributed by atoms with E-state index in [1.165, 1.54) is 24.9 Å². The number of nitrogens with one attached hydrogen (secondary N) is 1. The van der Waals surface area contributed by atoms with E-state index in [2.05, 4.69) is 36.3 Å². The lowest BCUT2D eigenvalue weighted by Crippen LogP contribution is -2.17. The van der Waals surface area contributed by atoms with E-state index in [0.29, 0.717) is 11.5 Å². The summed E-state index contributed by atoms with van der Waals surface area (Å²) in [5.74, 6) is 0. The van der Waals surface area contributed by atoms with E-state index in [1.54, 1.807) is 0 Å². The Balaban J connectivity index is 1.99. The summed E-state index contributed by atoms with van der Waals surface area (Å²) < 4.78 is 0. The van der Waals surface area contributed by atoms with Gasteiger partial charge in [-0.1, -0.05) is 13.8 Å². The SMILES string of the molecule is Cc1cc(NC2CCC(C)(C)C2)ccn1. The summed E-state index contributed by atoms with van der Waals surface area (Å²) >= 11 is 0. The molecule has 1 aromatic heterocycles. The molecular formula is C13H20N2. The molecule has 2 nitrogen and oxygen atoms in total. The van der Waals surface area contributed by atoms with E-state index in [9.17, 15) is 0 Å². The van der Waals surface area contributed by atoms with E-state index < -0.39 is 0 Å². The maximum atomic E-state index is 4.20. The Labute approximate surface area is 92.1 Å². The van der Waals surface area contributed by atoms with E-state index in [1.807, 2.05) is 13.1 Å². The quantitative estimate of drug-likeness (QED) is 0.798. The Bertz CT molecular complexity index is 344. The first-order chi connectivity index (χ1) is 7.05. The first-order valence-corrected chi connectivity index (χ1v) is 5.74. The zero-order valence-corrected chi connectivity index (χ0v) is 9.88. The Morgan fingerprint density at radius 2 is 2.27 bits per heavy atom. The van der Waals surface area contributed by atoms with Gasteiger partial charge in [0.05, 0.1) is 0 Å². The Morgan fingerprint density at radius 3 is 2.87 bits per heavy atom. The molecule has 1 N–H and O–H groups in total. The van der Waals surface area contributed by atoms with Crippen LogP contribution < -0.4 is 5.32 Å². The molecule has 1 aromatic rings. The summed E-state index contributed by atoms with van der Waals surface area (Å²) in [5.41, 5.74) is 2.81. The second-order valence-electron chi connectivity index (χ2n) is 5.43. The van der Waals surface area contributed by atoms with E-state index in [4.69, 9.17) is 0 Å². The average Bonchev–Trinajstić information content (AvgIpc) is 2.45. The van der Waals surface area contributed by atoms with E-state index in [0.717, 1.165) is 5.69 Å². The standard InChI is InChI=1S/C13H20N2/c1-10-8-11(5-7-14-10)15-12-4-6-13(2,3)9-12/h5,7-8,12H,4,6,9H2,1-3H3,(H,14,15). The topological polar surface area (TPSA) is 24.9 Å². The largest absolute Gasteiger partial charge is 0.382 e. The second-order valence-corrected chi connectivity index (χ2v) is 5.43. The minimum absolute atomic E-state index is 0.514. The van der Waals surface area contributed by atoms with Crippen molar-refractivity contribution in [3.05, 3.63) is 24.0 Å². The van der Waals surface area contributed by atoms with Crippen molar-refractivity contribution in [1.82, 2.24) is 4.98 Å². The van der Waals surface area contributed by atoms with Crippen LogP contribution in [-0.4, -0.2) is 11.0 Å². The van der Waals surface area contributed by atoms with Crippen LogP contribution in [0.3, 0.4) is 0 Å². The van der Waals surface area contributed by atoms with Crippen molar-refractivity contribution in [1.29, 1.82) is 0 Å². The van der Waals surface area contributed by atoms with Crippen molar-refractivity contribution < 1.29 is 0 Å². The molecule has 0 amide bonds. The molecule has 82 valence electrons. The average molecular weight is 204 g/mol. The number of aromatic nitrogens is 1. The number of rotatable bonds is 2. The third-order valence-corrected chi connectivity index (χ3v) is 3.24. The highest BCUT2D eigenvalue weighted by atomic mass is 14.9. The van der Waals surface area contributed by atoms with Gasteiger partial charge in [0.2, 0.25) is 0 Å². The van der Waals surface area contributed by atoms with Crippen molar-refractivity contribution in [2.45, 2.75) is 46.1 Å². The summed E-state index contributed by atoms with van der Waals surface area (Å²) in [6, 6.07) is 4.81. The molecule has 0 aliphatic heterocycles. The molecule has 2 rings (SSSR count). The Morgan fingerprint density at radius 1 is 1.47 bits per heavy atom. The molecular weight excluding hydrogens is 184 g/mol. The fourth-order valence-electron chi connectivity index (χ4n) is 2.43. The highest BCUT2D eigenvalue weighted by Gasteiger charge is 2.30. The summed E-state index contributed by atoms with van der Waals surface area (Å²) in [5, 5.41) is 3.60. The van der Waals surface area contributed by atoms with E-state index >= 15 is 0 Å². The second kappa shape index (κ2) is 3.84. The molecule has 2 heteroatoms. The maximum absolute atomic E-state index is 4.20. The molecule has 1 atom stereocenters. The van der Waals surface area contributed by atoms with Crippen molar-refractivity contribution in [2.75, 3.05) is 5.32 Å². The van der Waals surface area contributed by atoms with Crippen LogP contribution in [0.4, 0.5) is 5.69 Å². The lowest BCUT2D eigenvalue weighted by atomic mass is 9.92. The smallest absolute Gasteiger partial charge is 0.0393 e.